The molecule has 0 aliphatic rings. The van der Waals surface area contributed by atoms with Gasteiger partial charge in [0.2, 0.25) is 0 Å². The molecule has 2 aromatic carbocycles. The second-order valence-electron chi connectivity index (χ2n) is 5.28. The summed E-state index contributed by atoms with van der Waals surface area (Å²) in [6.45, 7) is 0. The molecule has 2 N–H and O–H groups in total. The minimum atomic E-state index is 0.133. The Morgan fingerprint density at radius 1 is 1.08 bits per heavy atom. The van der Waals surface area contributed by atoms with Crippen molar-refractivity contribution in [2.75, 3.05) is 12.8 Å². The first kappa shape index (κ1) is 17.1. The zero-order valence-corrected chi connectivity index (χ0v) is 14.8. The van der Waals surface area contributed by atoms with Crippen LogP contribution in [0.4, 0.5) is 5.82 Å². The van der Waals surface area contributed by atoms with E-state index in [0.717, 1.165) is 5.56 Å². The molecule has 0 saturated carbocycles. The third-order valence-corrected chi connectivity index (χ3v) is 4.31. The van der Waals surface area contributed by atoms with Gasteiger partial charge in [0.15, 0.2) is 0 Å². The number of nitriles is 1. The lowest BCUT2D eigenvalue weighted by Crippen LogP contribution is -2.00. The van der Waals surface area contributed by atoms with Crippen LogP contribution in [0.3, 0.4) is 0 Å². The first-order valence-corrected chi connectivity index (χ1v) is 8.09. The predicted octanol–water partition coefficient (Wildman–Crippen LogP) is 5.18. The zero-order valence-electron chi connectivity index (χ0n) is 13.3. The quantitative estimate of drug-likeness (QED) is 0.689. The normalized spacial score (nSPS) is 10.3. The Balaban J connectivity index is 2.26. The van der Waals surface area contributed by atoms with E-state index in [0.29, 0.717) is 38.2 Å². The Morgan fingerprint density at radius 2 is 1.88 bits per heavy atom. The molecule has 3 aromatic rings. The number of nitrogens with two attached hydrogens (primary N) is 1. The van der Waals surface area contributed by atoms with Gasteiger partial charge >= 0.3 is 0 Å². The van der Waals surface area contributed by atoms with Gasteiger partial charge in [0.05, 0.1) is 17.8 Å². The molecule has 0 amide bonds. The van der Waals surface area contributed by atoms with E-state index >= 15 is 0 Å². The Bertz CT molecular complexity index is 996. The van der Waals surface area contributed by atoms with Crippen molar-refractivity contribution in [1.82, 2.24) is 4.98 Å². The lowest BCUT2D eigenvalue weighted by Gasteiger charge is -2.12. The molecule has 0 aliphatic carbocycles. The van der Waals surface area contributed by atoms with E-state index in [-0.39, 0.29) is 5.82 Å². The molecular formula is C19H13Cl2N3O. The van der Waals surface area contributed by atoms with Gasteiger partial charge < -0.3 is 10.5 Å². The molecule has 0 saturated heterocycles. The molecule has 0 aliphatic heterocycles. The van der Waals surface area contributed by atoms with E-state index in [1.54, 1.807) is 31.4 Å². The third kappa shape index (κ3) is 3.39. The van der Waals surface area contributed by atoms with Gasteiger partial charge in [0, 0.05) is 16.1 Å². The van der Waals surface area contributed by atoms with Gasteiger partial charge in [0.25, 0.3) is 0 Å². The summed E-state index contributed by atoms with van der Waals surface area (Å²) < 4.78 is 5.26. The van der Waals surface area contributed by atoms with Gasteiger partial charge in [0.1, 0.15) is 23.2 Å². The molecule has 0 spiro atoms. The number of halogens is 2. The molecule has 25 heavy (non-hydrogen) atoms. The Labute approximate surface area is 155 Å². The van der Waals surface area contributed by atoms with Crippen LogP contribution in [0.5, 0.6) is 5.75 Å². The van der Waals surface area contributed by atoms with Crippen molar-refractivity contribution >= 4 is 29.0 Å². The first-order valence-electron chi connectivity index (χ1n) is 7.34. The SMILES string of the molecule is COc1cccc(-c2cc(-c3cc(Cl)ccc3Cl)nc(N)c2C#N)c1. The number of pyridine rings is 1. The number of methoxy groups -OCH3 is 1. The fraction of sp³-hybridized carbons (Fsp3) is 0.0526. The van der Waals surface area contributed by atoms with Crippen molar-refractivity contribution in [3.05, 3.63) is 64.1 Å². The van der Waals surface area contributed by atoms with E-state index in [9.17, 15) is 5.26 Å². The van der Waals surface area contributed by atoms with Crippen molar-refractivity contribution in [1.29, 1.82) is 5.26 Å². The van der Waals surface area contributed by atoms with E-state index in [1.165, 1.54) is 0 Å². The minimum Gasteiger partial charge on any atom is -0.497 e. The zero-order chi connectivity index (χ0) is 18.0. The average Bonchev–Trinajstić information content (AvgIpc) is 2.63. The smallest absolute Gasteiger partial charge is 0.142 e. The number of benzene rings is 2. The number of anilines is 1. The topological polar surface area (TPSA) is 71.9 Å². The van der Waals surface area contributed by atoms with Crippen LogP contribution in [-0.2, 0) is 0 Å². The Morgan fingerprint density at radius 3 is 2.60 bits per heavy atom. The summed E-state index contributed by atoms with van der Waals surface area (Å²) in [6, 6.07) is 16.4. The van der Waals surface area contributed by atoms with Gasteiger partial charge in [-0.3, -0.25) is 0 Å². The van der Waals surface area contributed by atoms with Crippen molar-refractivity contribution in [3.63, 3.8) is 0 Å². The highest BCUT2D eigenvalue weighted by molar-refractivity contribution is 6.35. The highest BCUT2D eigenvalue weighted by atomic mass is 35.5. The average molecular weight is 370 g/mol. The minimum absolute atomic E-state index is 0.133. The van der Waals surface area contributed by atoms with Gasteiger partial charge in [-0.2, -0.15) is 5.26 Å². The molecule has 0 unspecified atom stereocenters. The van der Waals surface area contributed by atoms with Crippen LogP contribution in [0.25, 0.3) is 22.4 Å². The molecular weight excluding hydrogens is 357 g/mol. The fourth-order valence-electron chi connectivity index (χ4n) is 2.53. The molecule has 1 aromatic heterocycles. The van der Waals surface area contributed by atoms with Gasteiger partial charge in [-0.25, -0.2) is 4.98 Å². The lowest BCUT2D eigenvalue weighted by atomic mass is 9.98. The van der Waals surface area contributed by atoms with Crippen LogP contribution < -0.4 is 10.5 Å². The number of rotatable bonds is 3. The van der Waals surface area contributed by atoms with E-state index in [1.807, 2.05) is 24.3 Å². The highest BCUT2D eigenvalue weighted by Gasteiger charge is 2.15. The van der Waals surface area contributed by atoms with Crippen LogP contribution in [0, 0.1) is 11.3 Å². The Kier molecular flexibility index (Phi) is 4.80. The maximum absolute atomic E-state index is 9.50. The van der Waals surface area contributed by atoms with E-state index in [4.69, 9.17) is 33.7 Å². The molecule has 0 atom stereocenters. The summed E-state index contributed by atoms with van der Waals surface area (Å²) in [5.74, 6) is 0.813. The number of ether oxygens (including phenoxy) is 1. The summed E-state index contributed by atoms with van der Waals surface area (Å²) in [5, 5.41) is 10.5. The summed E-state index contributed by atoms with van der Waals surface area (Å²) >= 11 is 12.4. The van der Waals surface area contributed by atoms with Crippen LogP contribution in [0.15, 0.2) is 48.5 Å². The summed E-state index contributed by atoms with van der Waals surface area (Å²) in [5.41, 5.74) is 8.97. The van der Waals surface area contributed by atoms with Crippen LogP contribution >= 0.6 is 23.2 Å². The van der Waals surface area contributed by atoms with E-state index in [2.05, 4.69) is 11.1 Å². The second-order valence-corrected chi connectivity index (χ2v) is 6.13. The second kappa shape index (κ2) is 7.02. The molecule has 4 nitrogen and oxygen atoms in total. The van der Waals surface area contributed by atoms with E-state index < -0.39 is 0 Å². The summed E-state index contributed by atoms with van der Waals surface area (Å²) in [6.07, 6.45) is 0. The maximum atomic E-state index is 9.50. The molecule has 0 fully saturated rings. The Hall–Kier alpha value is -2.74. The summed E-state index contributed by atoms with van der Waals surface area (Å²) in [4.78, 5) is 4.33. The number of aromatic nitrogens is 1. The van der Waals surface area contributed by atoms with Crippen molar-refractivity contribution in [2.45, 2.75) is 0 Å². The van der Waals surface area contributed by atoms with Crippen molar-refractivity contribution < 1.29 is 4.74 Å². The van der Waals surface area contributed by atoms with Crippen molar-refractivity contribution in [3.8, 4) is 34.2 Å². The number of hydrogen-bond acceptors (Lipinski definition) is 4. The van der Waals surface area contributed by atoms with Gasteiger partial charge in [-0.05, 0) is 42.0 Å². The predicted molar refractivity (Wildman–Crippen MR) is 101 cm³/mol. The van der Waals surface area contributed by atoms with Crippen LogP contribution in [-0.4, -0.2) is 12.1 Å². The summed E-state index contributed by atoms with van der Waals surface area (Å²) in [7, 11) is 1.59. The van der Waals surface area contributed by atoms with Crippen molar-refractivity contribution in [2.24, 2.45) is 0 Å². The van der Waals surface area contributed by atoms with Gasteiger partial charge in [-0.1, -0.05) is 35.3 Å². The number of hydrogen-bond donors (Lipinski definition) is 1. The molecule has 0 bridgehead atoms. The number of nitrogen functional groups attached to an aromatic ring is 1. The first-order chi connectivity index (χ1) is 12.0. The molecule has 3 rings (SSSR count). The van der Waals surface area contributed by atoms with Crippen LogP contribution in [0.2, 0.25) is 10.0 Å². The standard InChI is InChI=1S/C19H13Cl2N3O/c1-25-13-4-2-3-11(7-13)14-9-18(24-19(23)16(14)10-22)15-8-12(20)5-6-17(15)21/h2-9H,1H3,(H2,23,24). The fourth-order valence-corrected chi connectivity index (χ4v) is 2.92. The monoisotopic (exact) mass is 369 g/mol. The van der Waals surface area contributed by atoms with Gasteiger partial charge in [-0.15, -0.1) is 0 Å². The lowest BCUT2D eigenvalue weighted by molar-refractivity contribution is 0.415. The maximum Gasteiger partial charge on any atom is 0.142 e. The molecule has 0 radical (unpaired) electrons. The van der Waals surface area contributed by atoms with Crippen LogP contribution in [0.1, 0.15) is 5.56 Å². The molecule has 1 heterocycles. The molecule has 6 heteroatoms. The highest BCUT2D eigenvalue weighted by Crippen LogP contribution is 2.35. The molecule has 124 valence electrons. The largest absolute Gasteiger partial charge is 0.497 e. The third-order valence-electron chi connectivity index (χ3n) is 3.74. The number of nitrogens with zero attached hydrogens (tertiary/aromatic N) is 2.